The summed E-state index contributed by atoms with van der Waals surface area (Å²) in [7, 11) is 0. The standard InChI is InChI=1S/C23H29N5O4/c29-19-16-22(27-11-14-30-15-12-27)32-23-18(19)8-4-9-20(23)31-13-5-10-21-24-25-26-28(21)17-6-2-1-3-7-17/h4,8-9,16-17H,1-3,5-7,10-15H2. The fraction of sp³-hybridized carbons (Fsp3) is 0.565. The van der Waals surface area contributed by atoms with Gasteiger partial charge in [0.1, 0.15) is 0 Å². The first-order valence-corrected chi connectivity index (χ1v) is 11.6. The van der Waals surface area contributed by atoms with E-state index in [1.165, 1.54) is 19.3 Å². The summed E-state index contributed by atoms with van der Waals surface area (Å²) in [6, 6.07) is 7.42. The molecule has 170 valence electrons. The second-order valence-electron chi connectivity index (χ2n) is 8.46. The highest BCUT2D eigenvalue weighted by Crippen LogP contribution is 2.29. The highest BCUT2D eigenvalue weighted by molar-refractivity contribution is 5.83. The Morgan fingerprint density at radius 1 is 1.12 bits per heavy atom. The van der Waals surface area contributed by atoms with Gasteiger partial charge in [0.2, 0.25) is 0 Å². The van der Waals surface area contributed by atoms with Gasteiger partial charge in [-0.05, 0) is 41.8 Å². The maximum Gasteiger partial charge on any atom is 0.200 e. The fourth-order valence-electron chi connectivity index (χ4n) is 4.59. The number of anilines is 1. The van der Waals surface area contributed by atoms with Crippen LogP contribution < -0.4 is 15.1 Å². The van der Waals surface area contributed by atoms with Gasteiger partial charge in [-0.25, -0.2) is 4.68 Å². The van der Waals surface area contributed by atoms with E-state index in [-0.39, 0.29) is 5.43 Å². The molecule has 0 unspecified atom stereocenters. The van der Waals surface area contributed by atoms with E-state index < -0.39 is 0 Å². The van der Waals surface area contributed by atoms with Crippen LogP contribution in [0.4, 0.5) is 5.88 Å². The smallest absolute Gasteiger partial charge is 0.200 e. The molecule has 0 N–H and O–H groups in total. The third kappa shape index (κ3) is 4.48. The first-order chi connectivity index (χ1) is 15.8. The van der Waals surface area contributed by atoms with Crippen molar-refractivity contribution in [3.8, 4) is 5.75 Å². The number of nitrogens with zero attached hydrogens (tertiary/aromatic N) is 5. The second-order valence-corrected chi connectivity index (χ2v) is 8.46. The van der Waals surface area contributed by atoms with Crippen molar-refractivity contribution >= 4 is 16.9 Å². The minimum atomic E-state index is -0.0650. The summed E-state index contributed by atoms with van der Waals surface area (Å²) in [4.78, 5) is 14.7. The summed E-state index contributed by atoms with van der Waals surface area (Å²) >= 11 is 0. The summed E-state index contributed by atoms with van der Waals surface area (Å²) in [5.41, 5.74) is 0.429. The molecule has 9 heteroatoms. The highest BCUT2D eigenvalue weighted by atomic mass is 16.5. The molecule has 1 aromatic carbocycles. The number of fused-ring (bicyclic) bond motifs is 1. The predicted molar refractivity (Wildman–Crippen MR) is 119 cm³/mol. The summed E-state index contributed by atoms with van der Waals surface area (Å²) in [6.07, 6.45) is 7.60. The zero-order valence-electron chi connectivity index (χ0n) is 18.2. The van der Waals surface area contributed by atoms with E-state index in [9.17, 15) is 4.79 Å². The maximum absolute atomic E-state index is 12.7. The molecule has 3 heterocycles. The van der Waals surface area contributed by atoms with E-state index in [0.29, 0.717) is 61.6 Å². The number of ether oxygens (including phenoxy) is 2. The largest absolute Gasteiger partial charge is 0.490 e. The van der Waals surface area contributed by atoms with Crippen molar-refractivity contribution in [1.29, 1.82) is 0 Å². The molecule has 1 aliphatic carbocycles. The number of aromatic nitrogens is 4. The summed E-state index contributed by atoms with van der Waals surface area (Å²) in [5.74, 6) is 2.06. The molecule has 1 saturated heterocycles. The highest BCUT2D eigenvalue weighted by Gasteiger charge is 2.20. The number of rotatable bonds is 7. The van der Waals surface area contributed by atoms with Crippen LogP contribution in [0.3, 0.4) is 0 Å². The number of benzene rings is 1. The molecule has 2 aromatic heterocycles. The zero-order chi connectivity index (χ0) is 21.8. The summed E-state index contributed by atoms with van der Waals surface area (Å²) in [5, 5.41) is 12.9. The fourth-order valence-corrected chi connectivity index (χ4v) is 4.59. The normalized spacial score (nSPS) is 17.7. The van der Waals surface area contributed by atoms with Gasteiger partial charge in [0, 0.05) is 25.6 Å². The average Bonchev–Trinajstić information content (AvgIpc) is 3.32. The van der Waals surface area contributed by atoms with E-state index in [1.54, 1.807) is 12.1 Å². The number of morpholine rings is 1. The number of hydrogen-bond donors (Lipinski definition) is 0. The number of aryl methyl sites for hydroxylation is 1. The molecule has 0 radical (unpaired) electrons. The molecule has 2 aliphatic rings. The molecule has 1 aliphatic heterocycles. The van der Waals surface area contributed by atoms with Gasteiger partial charge in [-0.15, -0.1) is 5.10 Å². The molecule has 9 nitrogen and oxygen atoms in total. The molecule has 3 aromatic rings. The first-order valence-electron chi connectivity index (χ1n) is 11.6. The third-order valence-electron chi connectivity index (χ3n) is 6.31. The Morgan fingerprint density at radius 2 is 1.97 bits per heavy atom. The Bertz CT molecular complexity index is 1100. The van der Waals surface area contributed by atoms with E-state index in [0.717, 1.165) is 31.5 Å². The lowest BCUT2D eigenvalue weighted by molar-refractivity contribution is 0.120. The monoisotopic (exact) mass is 439 g/mol. The molecule has 0 atom stereocenters. The van der Waals surface area contributed by atoms with Crippen molar-refractivity contribution in [1.82, 2.24) is 20.2 Å². The lowest BCUT2D eigenvalue weighted by Gasteiger charge is -2.27. The van der Waals surface area contributed by atoms with Crippen molar-refractivity contribution in [2.75, 3.05) is 37.8 Å². The van der Waals surface area contributed by atoms with Gasteiger partial charge in [0.15, 0.2) is 28.5 Å². The van der Waals surface area contributed by atoms with Crippen LogP contribution in [0.25, 0.3) is 11.0 Å². The molecule has 2 fully saturated rings. The van der Waals surface area contributed by atoms with Gasteiger partial charge in [-0.3, -0.25) is 4.79 Å². The van der Waals surface area contributed by atoms with Crippen molar-refractivity contribution in [2.24, 2.45) is 0 Å². The van der Waals surface area contributed by atoms with Crippen LogP contribution in [-0.2, 0) is 11.2 Å². The van der Waals surface area contributed by atoms with Gasteiger partial charge in [0.25, 0.3) is 0 Å². The maximum atomic E-state index is 12.7. The van der Waals surface area contributed by atoms with E-state index in [2.05, 4.69) is 15.5 Å². The predicted octanol–water partition coefficient (Wildman–Crippen LogP) is 3.13. The topological polar surface area (TPSA) is 95.5 Å². The summed E-state index contributed by atoms with van der Waals surface area (Å²) in [6.45, 7) is 3.14. The van der Waals surface area contributed by atoms with Gasteiger partial charge < -0.3 is 18.8 Å². The minimum Gasteiger partial charge on any atom is -0.490 e. The van der Waals surface area contributed by atoms with Crippen LogP contribution in [0.1, 0.15) is 50.4 Å². The molecule has 32 heavy (non-hydrogen) atoms. The number of para-hydroxylation sites is 1. The average molecular weight is 440 g/mol. The number of hydrogen-bond acceptors (Lipinski definition) is 8. The van der Waals surface area contributed by atoms with Gasteiger partial charge >= 0.3 is 0 Å². The molecule has 0 amide bonds. The van der Waals surface area contributed by atoms with Gasteiger partial charge in [0.05, 0.1) is 31.2 Å². The zero-order valence-corrected chi connectivity index (χ0v) is 18.2. The first kappa shape index (κ1) is 20.9. The molecular formula is C23H29N5O4. The van der Waals surface area contributed by atoms with Crippen molar-refractivity contribution in [2.45, 2.75) is 51.0 Å². The van der Waals surface area contributed by atoms with Crippen LogP contribution in [0.15, 0.2) is 33.5 Å². The Labute approximate surface area is 186 Å². The van der Waals surface area contributed by atoms with Crippen molar-refractivity contribution in [3.05, 3.63) is 40.3 Å². The molecule has 0 spiro atoms. The molecular weight excluding hydrogens is 410 g/mol. The van der Waals surface area contributed by atoms with Crippen LogP contribution in [0, 0.1) is 0 Å². The van der Waals surface area contributed by atoms with Gasteiger partial charge in [-0.1, -0.05) is 25.3 Å². The Balaban J connectivity index is 1.26. The van der Waals surface area contributed by atoms with E-state index in [1.807, 2.05) is 21.7 Å². The van der Waals surface area contributed by atoms with E-state index in [4.69, 9.17) is 13.9 Å². The Hall–Kier alpha value is -2.94. The Morgan fingerprint density at radius 3 is 2.81 bits per heavy atom. The van der Waals surface area contributed by atoms with Crippen LogP contribution >= 0.6 is 0 Å². The van der Waals surface area contributed by atoms with Crippen LogP contribution in [0.5, 0.6) is 5.75 Å². The number of tetrazole rings is 1. The second kappa shape index (κ2) is 9.68. The lowest BCUT2D eigenvalue weighted by Crippen LogP contribution is -2.36. The summed E-state index contributed by atoms with van der Waals surface area (Å²) < 4.78 is 19.6. The molecule has 0 bridgehead atoms. The quantitative estimate of drug-likeness (QED) is 0.518. The van der Waals surface area contributed by atoms with Gasteiger partial charge in [-0.2, -0.15) is 0 Å². The van der Waals surface area contributed by atoms with Crippen molar-refractivity contribution < 1.29 is 13.9 Å². The van der Waals surface area contributed by atoms with E-state index >= 15 is 0 Å². The molecule has 1 saturated carbocycles. The Kier molecular flexibility index (Phi) is 6.34. The minimum absolute atomic E-state index is 0.0650. The third-order valence-corrected chi connectivity index (χ3v) is 6.31. The van der Waals surface area contributed by atoms with Crippen molar-refractivity contribution in [3.63, 3.8) is 0 Å². The SMILES string of the molecule is O=c1cc(N2CCOCC2)oc2c(OCCCc3nnnn3C3CCCCC3)cccc12. The lowest BCUT2D eigenvalue weighted by atomic mass is 9.95. The molecule has 5 rings (SSSR count). The van der Waals surface area contributed by atoms with Crippen LogP contribution in [-0.4, -0.2) is 53.1 Å². The van der Waals surface area contributed by atoms with Crippen LogP contribution in [0.2, 0.25) is 0 Å².